The van der Waals surface area contributed by atoms with Gasteiger partial charge in [-0.1, -0.05) is 13.0 Å². The van der Waals surface area contributed by atoms with Gasteiger partial charge in [0.05, 0.1) is 11.0 Å². The molecule has 3 N–H and O–H groups in total. The number of anilines is 1. The van der Waals surface area contributed by atoms with Crippen LogP contribution < -0.4 is 10.6 Å². The molecule has 2 atom stereocenters. The second-order valence-corrected chi connectivity index (χ2v) is 5.05. The third-order valence-corrected chi connectivity index (χ3v) is 3.45. The molecule has 7 nitrogen and oxygen atoms in total. The molecule has 1 heterocycles. The van der Waals surface area contributed by atoms with E-state index in [1.807, 2.05) is 0 Å². The van der Waals surface area contributed by atoms with Gasteiger partial charge < -0.3 is 15.7 Å². The maximum Gasteiger partial charge on any atom is 0.296 e. The van der Waals surface area contributed by atoms with Crippen molar-refractivity contribution < 1.29 is 14.8 Å². The van der Waals surface area contributed by atoms with E-state index in [9.17, 15) is 20.0 Å². The molecule has 0 spiro atoms. The highest BCUT2D eigenvalue weighted by Crippen LogP contribution is 2.33. The van der Waals surface area contributed by atoms with E-state index in [0.29, 0.717) is 12.3 Å². The summed E-state index contributed by atoms with van der Waals surface area (Å²) in [6.07, 6.45) is 1.67. The first-order chi connectivity index (χ1) is 9.49. The standard InChI is InChI=1S/C13H17N3O4/c1-8-5-6-14-9(7-8)13(18)15-12-10(16(19)20)3-2-4-11(12)17/h2-4,8-9,14,17H,5-7H2,1H3,(H,15,18). The molecule has 1 fully saturated rings. The quantitative estimate of drug-likeness (QED) is 0.443. The summed E-state index contributed by atoms with van der Waals surface area (Å²) in [5.41, 5.74) is -0.468. The van der Waals surface area contributed by atoms with Crippen molar-refractivity contribution >= 4 is 17.3 Å². The van der Waals surface area contributed by atoms with Gasteiger partial charge in [-0.05, 0) is 31.4 Å². The lowest BCUT2D eigenvalue weighted by Gasteiger charge is -2.27. The van der Waals surface area contributed by atoms with E-state index in [1.54, 1.807) is 0 Å². The van der Waals surface area contributed by atoms with Crippen molar-refractivity contribution in [3.8, 4) is 5.75 Å². The summed E-state index contributed by atoms with van der Waals surface area (Å²) < 4.78 is 0. The number of nitrogens with one attached hydrogen (secondary N) is 2. The lowest BCUT2D eigenvalue weighted by molar-refractivity contribution is -0.384. The van der Waals surface area contributed by atoms with Gasteiger partial charge in [0.1, 0.15) is 5.75 Å². The number of piperidine rings is 1. The van der Waals surface area contributed by atoms with Crippen LogP contribution in [-0.4, -0.2) is 28.5 Å². The summed E-state index contributed by atoms with van der Waals surface area (Å²) in [6.45, 7) is 2.80. The number of aromatic hydroxyl groups is 1. The second kappa shape index (κ2) is 5.87. The van der Waals surface area contributed by atoms with Crippen molar-refractivity contribution in [1.29, 1.82) is 0 Å². The molecule has 2 rings (SSSR count). The van der Waals surface area contributed by atoms with Crippen LogP contribution in [0.2, 0.25) is 0 Å². The van der Waals surface area contributed by atoms with Crippen LogP contribution in [0.3, 0.4) is 0 Å². The number of amides is 1. The van der Waals surface area contributed by atoms with Crippen LogP contribution in [0.15, 0.2) is 18.2 Å². The number of carbonyl (C=O) groups is 1. The third-order valence-electron chi connectivity index (χ3n) is 3.45. The molecule has 20 heavy (non-hydrogen) atoms. The maximum atomic E-state index is 12.1. The Hall–Kier alpha value is -2.15. The number of phenolic OH excluding ortho intramolecular Hbond substituents is 1. The minimum atomic E-state index is -0.633. The molecule has 1 aliphatic heterocycles. The molecule has 1 aromatic rings. The van der Waals surface area contributed by atoms with Gasteiger partial charge in [-0.15, -0.1) is 0 Å². The molecule has 1 amide bonds. The molecule has 0 bridgehead atoms. The molecule has 2 unspecified atom stereocenters. The van der Waals surface area contributed by atoms with Crippen LogP contribution in [0.25, 0.3) is 0 Å². The number of nitrogens with zero attached hydrogens (tertiary/aromatic N) is 1. The SMILES string of the molecule is CC1CCNC(C(=O)Nc2c(O)cccc2[N+](=O)[O-])C1. The number of hydrogen-bond donors (Lipinski definition) is 3. The maximum absolute atomic E-state index is 12.1. The topological polar surface area (TPSA) is 104 Å². The van der Waals surface area contributed by atoms with Crippen molar-refractivity contribution in [1.82, 2.24) is 5.32 Å². The second-order valence-electron chi connectivity index (χ2n) is 5.05. The summed E-state index contributed by atoms with van der Waals surface area (Å²) in [5, 5.41) is 26.1. The fourth-order valence-electron chi connectivity index (χ4n) is 2.33. The van der Waals surface area contributed by atoms with Gasteiger partial charge in [-0.3, -0.25) is 14.9 Å². The predicted molar refractivity (Wildman–Crippen MR) is 73.6 cm³/mol. The normalized spacial score (nSPS) is 22.2. The molecule has 0 aliphatic carbocycles. The number of para-hydroxylation sites is 1. The number of rotatable bonds is 3. The fourth-order valence-corrected chi connectivity index (χ4v) is 2.33. The fraction of sp³-hybridized carbons (Fsp3) is 0.462. The molecular weight excluding hydrogens is 262 g/mol. The Labute approximate surface area is 116 Å². The molecule has 1 aromatic carbocycles. The van der Waals surface area contributed by atoms with Gasteiger partial charge in [0.2, 0.25) is 5.91 Å². The molecule has 0 aromatic heterocycles. The smallest absolute Gasteiger partial charge is 0.296 e. The Morgan fingerprint density at radius 3 is 2.95 bits per heavy atom. The van der Waals surface area contributed by atoms with Crippen LogP contribution in [0.4, 0.5) is 11.4 Å². The van der Waals surface area contributed by atoms with Crippen molar-refractivity contribution in [2.24, 2.45) is 5.92 Å². The number of nitro benzene ring substituents is 1. The molecule has 1 saturated heterocycles. The van der Waals surface area contributed by atoms with E-state index in [-0.39, 0.29) is 23.0 Å². The number of benzene rings is 1. The van der Waals surface area contributed by atoms with E-state index in [4.69, 9.17) is 0 Å². The van der Waals surface area contributed by atoms with E-state index < -0.39 is 11.0 Å². The Morgan fingerprint density at radius 2 is 2.30 bits per heavy atom. The van der Waals surface area contributed by atoms with Gasteiger partial charge in [-0.25, -0.2) is 0 Å². The first kappa shape index (κ1) is 14.3. The first-order valence-corrected chi connectivity index (χ1v) is 6.49. The largest absolute Gasteiger partial charge is 0.505 e. The zero-order chi connectivity index (χ0) is 14.7. The molecule has 0 saturated carbocycles. The van der Waals surface area contributed by atoms with Gasteiger partial charge in [-0.2, -0.15) is 0 Å². The van der Waals surface area contributed by atoms with Crippen molar-refractivity contribution in [3.63, 3.8) is 0 Å². The lowest BCUT2D eigenvalue weighted by Crippen LogP contribution is -2.45. The number of carbonyl (C=O) groups excluding carboxylic acids is 1. The summed E-state index contributed by atoms with van der Waals surface area (Å²) in [6, 6.07) is 3.52. The first-order valence-electron chi connectivity index (χ1n) is 6.49. The Morgan fingerprint density at radius 1 is 1.55 bits per heavy atom. The predicted octanol–water partition coefficient (Wildman–Crippen LogP) is 1.63. The van der Waals surface area contributed by atoms with Crippen LogP contribution in [0.1, 0.15) is 19.8 Å². The van der Waals surface area contributed by atoms with E-state index >= 15 is 0 Å². The van der Waals surface area contributed by atoms with E-state index in [2.05, 4.69) is 17.6 Å². The molecule has 7 heteroatoms. The summed E-state index contributed by atoms with van der Waals surface area (Å²) >= 11 is 0. The average Bonchev–Trinajstić information content (AvgIpc) is 2.40. The van der Waals surface area contributed by atoms with Crippen molar-refractivity contribution in [3.05, 3.63) is 28.3 Å². The molecule has 1 aliphatic rings. The third kappa shape index (κ3) is 3.05. The van der Waals surface area contributed by atoms with Crippen molar-refractivity contribution in [2.45, 2.75) is 25.8 Å². The number of phenols is 1. The molecule has 108 valence electrons. The minimum Gasteiger partial charge on any atom is -0.505 e. The lowest BCUT2D eigenvalue weighted by atomic mass is 9.94. The Kier molecular flexibility index (Phi) is 4.19. The highest BCUT2D eigenvalue weighted by Gasteiger charge is 2.27. The minimum absolute atomic E-state index is 0.150. The van der Waals surface area contributed by atoms with Crippen LogP contribution in [0.5, 0.6) is 5.75 Å². The van der Waals surface area contributed by atoms with Crippen LogP contribution in [-0.2, 0) is 4.79 Å². The Balaban J connectivity index is 2.17. The van der Waals surface area contributed by atoms with E-state index in [1.165, 1.54) is 18.2 Å². The van der Waals surface area contributed by atoms with Gasteiger partial charge >= 0.3 is 0 Å². The number of nitro groups is 1. The zero-order valence-electron chi connectivity index (χ0n) is 11.1. The summed E-state index contributed by atoms with van der Waals surface area (Å²) in [5.74, 6) is -0.246. The molecule has 0 radical (unpaired) electrons. The van der Waals surface area contributed by atoms with Crippen LogP contribution in [0, 0.1) is 16.0 Å². The summed E-state index contributed by atoms with van der Waals surface area (Å²) in [7, 11) is 0. The average molecular weight is 279 g/mol. The number of hydrogen-bond acceptors (Lipinski definition) is 5. The van der Waals surface area contributed by atoms with Gasteiger partial charge in [0.15, 0.2) is 5.69 Å². The van der Waals surface area contributed by atoms with E-state index in [0.717, 1.165) is 13.0 Å². The highest BCUT2D eigenvalue weighted by atomic mass is 16.6. The Bertz CT molecular complexity index is 532. The monoisotopic (exact) mass is 279 g/mol. The van der Waals surface area contributed by atoms with Crippen molar-refractivity contribution in [2.75, 3.05) is 11.9 Å². The molecular formula is C13H17N3O4. The van der Waals surface area contributed by atoms with Gasteiger partial charge in [0.25, 0.3) is 5.69 Å². The highest BCUT2D eigenvalue weighted by molar-refractivity contribution is 5.98. The zero-order valence-corrected chi connectivity index (χ0v) is 11.1. The van der Waals surface area contributed by atoms with Gasteiger partial charge in [0, 0.05) is 6.07 Å². The summed E-state index contributed by atoms with van der Waals surface area (Å²) in [4.78, 5) is 22.4. The van der Waals surface area contributed by atoms with Crippen LogP contribution >= 0.6 is 0 Å².